The maximum Gasteiger partial charge on any atom is 0.220 e. The molecule has 2 fully saturated rings. The molecule has 0 unspecified atom stereocenters. The van der Waals surface area contributed by atoms with Crippen LogP contribution in [-0.4, -0.2) is 56.9 Å². The minimum atomic E-state index is -0.0736. The molecule has 0 aromatic heterocycles. The van der Waals surface area contributed by atoms with Crippen LogP contribution in [0.4, 0.5) is 0 Å². The SMILES string of the molecule is CCC(=O)N[C@@H]1c2ccccc2C2(CCN(CC3CC3)CC2)[C@H]1OCCOC. The number of nitrogens with one attached hydrogen (secondary N) is 1. The van der Waals surface area contributed by atoms with Crippen LogP contribution in [0.2, 0.25) is 0 Å². The van der Waals surface area contributed by atoms with Crippen LogP contribution >= 0.6 is 0 Å². The largest absolute Gasteiger partial charge is 0.382 e. The van der Waals surface area contributed by atoms with Crippen molar-refractivity contribution in [1.29, 1.82) is 0 Å². The number of likely N-dealkylation sites (tertiary alicyclic amines) is 1. The zero-order valence-corrected chi connectivity index (χ0v) is 17.3. The standard InChI is InChI=1S/C23H34N2O3/c1-3-20(26)24-21-18-6-4-5-7-19(18)23(22(21)28-15-14-27-2)10-12-25(13-11-23)16-17-8-9-17/h4-7,17,21-22H,3,8-16H2,1-2H3,(H,24,26)/t21-,22+/m1/s1. The van der Waals surface area contributed by atoms with Crippen LogP contribution < -0.4 is 5.32 Å². The first kappa shape index (κ1) is 19.9. The maximum absolute atomic E-state index is 12.3. The van der Waals surface area contributed by atoms with Crippen LogP contribution in [0.25, 0.3) is 0 Å². The van der Waals surface area contributed by atoms with Crippen molar-refractivity contribution in [2.45, 2.75) is 56.6 Å². The summed E-state index contributed by atoms with van der Waals surface area (Å²) in [6.45, 7) is 6.52. The van der Waals surface area contributed by atoms with Gasteiger partial charge >= 0.3 is 0 Å². The third kappa shape index (κ3) is 3.85. The number of carbonyl (C=O) groups is 1. The van der Waals surface area contributed by atoms with E-state index in [1.807, 2.05) is 6.92 Å². The molecule has 1 N–H and O–H groups in total. The third-order valence-electron chi connectivity index (χ3n) is 6.86. The summed E-state index contributed by atoms with van der Waals surface area (Å²) < 4.78 is 11.7. The molecule has 4 rings (SSSR count). The highest BCUT2D eigenvalue weighted by molar-refractivity contribution is 5.76. The number of benzene rings is 1. The Morgan fingerprint density at radius 3 is 2.64 bits per heavy atom. The van der Waals surface area contributed by atoms with E-state index in [1.165, 1.54) is 30.5 Å². The average Bonchev–Trinajstić information content (AvgIpc) is 3.51. The highest BCUT2D eigenvalue weighted by atomic mass is 16.5. The molecule has 5 heteroatoms. The zero-order chi connectivity index (χ0) is 19.6. The van der Waals surface area contributed by atoms with E-state index in [0.717, 1.165) is 31.8 Å². The van der Waals surface area contributed by atoms with Crippen LogP contribution in [0.15, 0.2) is 24.3 Å². The third-order valence-corrected chi connectivity index (χ3v) is 6.86. The van der Waals surface area contributed by atoms with Crippen LogP contribution in [0.3, 0.4) is 0 Å². The van der Waals surface area contributed by atoms with Gasteiger partial charge in [0.05, 0.1) is 25.4 Å². The van der Waals surface area contributed by atoms with Gasteiger partial charge in [-0.15, -0.1) is 0 Å². The Labute approximate surface area is 168 Å². The molecule has 1 saturated heterocycles. The Bertz CT molecular complexity index is 680. The highest BCUT2D eigenvalue weighted by Gasteiger charge is 2.54. The van der Waals surface area contributed by atoms with E-state index < -0.39 is 0 Å². The van der Waals surface area contributed by atoms with Gasteiger partial charge in [-0.05, 0) is 55.8 Å². The van der Waals surface area contributed by atoms with Gasteiger partial charge in [0.1, 0.15) is 0 Å². The van der Waals surface area contributed by atoms with Crippen molar-refractivity contribution in [2.24, 2.45) is 5.92 Å². The molecule has 2 atom stereocenters. The Morgan fingerprint density at radius 1 is 1.21 bits per heavy atom. The Morgan fingerprint density at radius 2 is 1.96 bits per heavy atom. The summed E-state index contributed by atoms with van der Waals surface area (Å²) in [5.74, 6) is 1.01. The van der Waals surface area contributed by atoms with Crippen LogP contribution in [0.5, 0.6) is 0 Å². The van der Waals surface area contributed by atoms with Gasteiger partial charge < -0.3 is 19.7 Å². The van der Waals surface area contributed by atoms with Crippen molar-refractivity contribution in [3.8, 4) is 0 Å². The van der Waals surface area contributed by atoms with Crippen molar-refractivity contribution in [2.75, 3.05) is 40.0 Å². The van der Waals surface area contributed by atoms with E-state index in [-0.39, 0.29) is 23.5 Å². The van der Waals surface area contributed by atoms with Crippen LogP contribution in [-0.2, 0) is 19.7 Å². The molecule has 5 nitrogen and oxygen atoms in total. The molecule has 1 aromatic carbocycles. The van der Waals surface area contributed by atoms with E-state index >= 15 is 0 Å². The molecule has 0 bridgehead atoms. The summed E-state index contributed by atoms with van der Waals surface area (Å²) in [5.41, 5.74) is 2.60. The van der Waals surface area contributed by atoms with E-state index in [9.17, 15) is 4.79 Å². The molecule has 1 amide bonds. The summed E-state index contributed by atoms with van der Waals surface area (Å²) in [6.07, 6.45) is 5.45. The lowest BCUT2D eigenvalue weighted by molar-refractivity contribution is -0.124. The van der Waals surface area contributed by atoms with Gasteiger partial charge in [-0.3, -0.25) is 4.79 Å². The second kappa shape index (κ2) is 8.52. The normalized spacial score (nSPS) is 26.4. The van der Waals surface area contributed by atoms with Crippen molar-refractivity contribution < 1.29 is 14.3 Å². The quantitative estimate of drug-likeness (QED) is 0.698. The van der Waals surface area contributed by atoms with E-state index in [1.54, 1.807) is 7.11 Å². The monoisotopic (exact) mass is 386 g/mol. The van der Waals surface area contributed by atoms with Gasteiger partial charge in [0.15, 0.2) is 0 Å². The predicted molar refractivity (Wildman–Crippen MR) is 109 cm³/mol. The average molecular weight is 387 g/mol. The zero-order valence-electron chi connectivity index (χ0n) is 17.3. The molecule has 3 aliphatic rings. The van der Waals surface area contributed by atoms with Gasteiger partial charge in [0, 0.05) is 25.5 Å². The molecule has 154 valence electrons. The van der Waals surface area contributed by atoms with Gasteiger partial charge in [0.2, 0.25) is 5.91 Å². The molecule has 0 radical (unpaired) electrons. The number of carbonyl (C=O) groups excluding carboxylic acids is 1. The fraction of sp³-hybridized carbons (Fsp3) is 0.696. The second-order valence-electron chi connectivity index (χ2n) is 8.67. The number of hydrogen-bond donors (Lipinski definition) is 1. The lowest BCUT2D eigenvalue weighted by atomic mass is 9.71. The van der Waals surface area contributed by atoms with Crippen LogP contribution in [0.1, 0.15) is 56.2 Å². The highest BCUT2D eigenvalue weighted by Crippen LogP contribution is 2.52. The maximum atomic E-state index is 12.3. The van der Waals surface area contributed by atoms with E-state index in [2.05, 4.69) is 34.5 Å². The smallest absolute Gasteiger partial charge is 0.220 e. The number of amides is 1. The minimum absolute atomic E-state index is 0.0178. The summed E-state index contributed by atoms with van der Waals surface area (Å²) in [5, 5.41) is 3.27. The summed E-state index contributed by atoms with van der Waals surface area (Å²) in [6, 6.07) is 8.57. The predicted octanol–water partition coefficient (Wildman–Crippen LogP) is 3.04. The van der Waals surface area contributed by atoms with Gasteiger partial charge in [-0.1, -0.05) is 31.2 Å². The van der Waals surface area contributed by atoms with Gasteiger partial charge in [0.25, 0.3) is 0 Å². The number of rotatable bonds is 8. The molecule has 2 aliphatic carbocycles. The molecular weight excluding hydrogens is 352 g/mol. The number of nitrogens with zero attached hydrogens (tertiary/aromatic N) is 1. The number of ether oxygens (including phenoxy) is 2. The lowest BCUT2D eigenvalue weighted by Gasteiger charge is -2.44. The summed E-state index contributed by atoms with van der Waals surface area (Å²) in [7, 11) is 1.70. The Kier molecular flexibility index (Phi) is 6.04. The second-order valence-corrected chi connectivity index (χ2v) is 8.67. The first-order valence-electron chi connectivity index (χ1n) is 10.9. The van der Waals surface area contributed by atoms with Crippen molar-refractivity contribution in [1.82, 2.24) is 10.2 Å². The molecule has 28 heavy (non-hydrogen) atoms. The molecular formula is C23H34N2O3. The molecule has 1 aromatic rings. The lowest BCUT2D eigenvalue weighted by Crippen LogP contribution is -2.51. The number of hydrogen-bond acceptors (Lipinski definition) is 4. The Balaban J connectivity index is 1.60. The van der Waals surface area contributed by atoms with Gasteiger partial charge in [-0.25, -0.2) is 0 Å². The number of methoxy groups -OCH3 is 1. The van der Waals surface area contributed by atoms with E-state index in [4.69, 9.17) is 9.47 Å². The fourth-order valence-electron chi connectivity index (χ4n) is 5.15. The van der Waals surface area contributed by atoms with Crippen LogP contribution in [0, 0.1) is 5.92 Å². The molecule has 1 spiro atoms. The van der Waals surface area contributed by atoms with E-state index in [0.29, 0.717) is 19.6 Å². The molecule has 1 saturated carbocycles. The summed E-state index contributed by atoms with van der Waals surface area (Å²) >= 11 is 0. The van der Waals surface area contributed by atoms with Gasteiger partial charge in [-0.2, -0.15) is 0 Å². The first-order chi connectivity index (χ1) is 13.7. The topological polar surface area (TPSA) is 50.8 Å². The van der Waals surface area contributed by atoms with Crippen molar-refractivity contribution in [3.05, 3.63) is 35.4 Å². The first-order valence-corrected chi connectivity index (χ1v) is 10.9. The number of fused-ring (bicyclic) bond motifs is 2. The molecule has 1 aliphatic heterocycles. The fourth-order valence-corrected chi connectivity index (χ4v) is 5.15. The summed E-state index contributed by atoms with van der Waals surface area (Å²) in [4.78, 5) is 14.9. The minimum Gasteiger partial charge on any atom is -0.382 e. The number of piperidine rings is 1. The van der Waals surface area contributed by atoms with Crippen molar-refractivity contribution in [3.63, 3.8) is 0 Å². The molecule has 1 heterocycles. The Hall–Kier alpha value is -1.43. The van der Waals surface area contributed by atoms with Crippen molar-refractivity contribution >= 4 is 5.91 Å².